The van der Waals surface area contributed by atoms with E-state index in [4.69, 9.17) is 9.47 Å². The minimum atomic E-state index is -0.754. The molecule has 3 rings (SSSR count). The Hall–Kier alpha value is -2.89. The Kier molecular flexibility index (Phi) is 6.86. The maximum atomic E-state index is 13.0. The van der Waals surface area contributed by atoms with Crippen molar-refractivity contribution in [2.75, 3.05) is 7.11 Å². The molecule has 6 nitrogen and oxygen atoms in total. The molecule has 1 aromatic rings. The van der Waals surface area contributed by atoms with Crippen LogP contribution in [0.1, 0.15) is 31.2 Å². The van der Waals surface area contributed by atoms with Gasteiger partial charge in [-0.3, -0.25) is 9.69 Å². The summed E-state index contributed by atoms with van der Waals surface area (Å²) in [6.07, 6.45) is 7.29. The Bertz CT molecular complexity index is 788. The average molecular weight is 397 g/mol. The lowest BCUT2D eigenvalue weighted by molar-refractivity contribution is -0.146. The lowest BCUT2D eigenvalue weighted by Crippen LogP contribution is -2.51. The number of carbonyl (C=O) groups is 3. The molecule has 0 unspecified atom stereocenters. The number of nitrogens with zero attached hydrogens (tertiary/aromatic N) is 1. The highest BCUT2D eigenvalue weighted by molar-refractivity contribution is 5.94. The fraction of sp³-hybridized carbons (Fsp3) is 0.435. The number of benzene rings is 1. The number of fused-ring (bicyclic) bond motifs is 1. The quantitative estimate of drug-likeness (QED) is 0.399. The summed E-state index contributed by atoms with van der Waals surface area (Å²) in [6, 6.07) is 8.20. The van der Waals surface area contributed by atoms with Gasteiger partial charge in [-0.05, 0) is 37.3 Å². The molecule has 4 atom stereocenters. The molecule has 154 valence electrons. The van der Waals surface area contributed by atoms with Crippen LogP contribution in [0.3, 0.4) is 0 Å². The first-order chi connectivity index (χ1) is 14.1. The molecular weight excluding hydrogens is 370 g/mol. The van der Waals surface area contributed by atoms with Gasteiger partial charge < -0.3 is 9.47 Å². The first-order valence-corrected chi connectivity index (χ1v) is 9.96. The molecule has 1 amide bonds. The zero-order valence-corrected chi connectivity index (χ0v) is 16.7. The van der Waals surface area contributed by atoms with Crippen LogP contribution < -0.4 is 0 Å². The van der Waals surface area contributed by atoms with Crippen molar-refractivity contribution in [3.63, 3.8) is 0 Å². The second-order valence-corrected chi connectivity index (χ2v) is 7.46. The topological polar surface area (TPSA) is 72.9 Å². The van der Waals surface area contributed by atoms with Gasteiger partial charge in [-0.1, -0.05) is 42.5 Å². The fourth-order valence-corrected chi connectivity index (χ4v) is 4.30. The number of hydrogen-bond acceptors (Lipinski definition) is 5. The molecule has 0 aromatic heterocycles. The molecule has 0 N–H and O–H groups in total. The number of ketones is 1. The Morgan fingerprint density at radius 1 is 1.28 bits per heavy atom. The zero-order chi connectivity index (χ0) is 20.8. The van der Waals surface area contributed by atoms with Crippen molar-refractivity contribution in [1.82, 2.24) is 4.90 Å². The van der Waals surface area contributed by atoms with Gasteiger partial charge in [0, 0.05) is 11.8 Å². The number of amides is 1. The summed E-state index contributed by atoms with van der Waals surface area (Å²) in [4.78, 5) is 39.5. The number of methoxy groups -OCH3 is 1. The Morgan fingerprint density at radius 3 is 2.72 bits per heavy atom. The maximum absolute atomic E-state index is 13.0. The lowest BCUT2D eigenvalue weighted by atomic mass is 9.78. The first kappa shape index (κ1) is 20.8. The van der Waals surface area contributed by atoms with Gasteiger partial charge in [0.2, 0.25) is 0 Å². The summed E-state index contributed by atoms with van der Waals surface area (Å²) >= 11 is 0. The van der Waals surface area contributed by atoms with Gasteiger partial charge in [-0.25, -0.2) is 9.59 Å². The molecule has 6 heteroatoms. The van der Waals surface area contributed by atoms with Crippen LogP contribution in [0.15, 0.2) is 55.1 Å². The summed E-state index contributed by atoms with van der Waals surface area (Å²) in [5, 5.41) is 0. The zero-order valence-electron chi connectivity index (χ0n) is 16.7. The van der Waals surface area contributed by atoms with Gasteiger partial charge in [0.15, 0.2) is 5.78 Å². The van der Waals surface area contributed by atoms with Crippen LogP contribution in [0, 0.1) is 11.8 Å². The van der Waals surface area contributed by atoms with Crippen LogP contribution >= 0.6 is 0 Å². The molecule has 0 bridgehead atoms. The monoisotopic (exact) mass is 397 g/mol. The molecule has 0 spiro atoms. The molecular formula is C23H27NO5. The smallest absolute Gasteiger partial charge is 0.411 e. The molecule has 1 aromatic carbocycles. The predicted molar refractivity (Wildman–Crippen MR) is 108 cm³/mol. The van der Waals surface area contributed by atoms with Gasteiger partial charge in [0.25, 0.3) is 0 Å². The standard InChI is InChI=1S/C23H27NO5/c1-3-4-6-11-18-20(25)13-12-17-14-19(22(26)28-2)24(21(17)18)23(27)29-15-16-9-7-5-8-10-16/h3,5,7-10,12-13,17-19,21H,1,4,6,11,14-15H2,2H3/t17-,18+,19-,21-/m0/s1. The van der Waals surface area contributed by atoms with E-state index >= 15 is 0 Å². The van der Waals surface area contributed by atoms with Crippen molar-refractivity contribution >= 4 is 17.8 Å². The van der Waals surface area contributed by atoms with Crippen LogP contribution in [-0.4, -0.2) is 41.9 Å². The summed E-state index contributed by atoms with van der Waals surface area (Å²) in [5.41, 5.74) is 0.855. The minimum Gasteiger partial charge on any atom is -0.467 e. The van der Waals surface area contributed by atoms with E-state index < -0.39 is 24.1 Å². The lowest BCUT2D eigenvalue weighted by Gasteiger charge is -2.35. The maximum Gasteiger partial charge on any atom is 0.411 e. The summed E-state index contributed by atoms with van der Waals surface area (Å²) in [5.74, 6) is -0.929. The molecule has 1 saturated heterocycles. The third-order valence-corrected chi connectivity index (χ3v) is 5.69. The largest absolute Gasteiger partial charge is 0.467 e. The van der Waals surface area contributed by atoms with Crippen molar-refractivity contribution in [2.45, 2.75) is 44.4 Å². The van der Waals surface area contributed by atoms with E-state index in [1.807, 2.05) is 42.5 Å². The fourth-order valence-electron chi connectivity index (χ4n) is 4.30. The van der Waals surface area contributed by atoms with E-state index in [9.17, 15) is 14.4 Å². The number of esters is 1. The van der Waals surface area contributed by atoms with E-state index in [1.165, 1.54) is 12.0 Å². The number of carbonyl (C=O) groups excluding carboxylic acids is 3. The highest BCUT2D eigenvalue weighted by Crippen LogP contribution is 2.41. The summed E-state index contributed by atoms with van der Waals surface area (Å²) in [7, 11) is 1.31. The molecule has 1 heterocycles. The van der Waals surface area contributed by atoms with E-state index in [0.717, 1.165) is 18.4 Å². The van der Waals surface area contributed by atoms with E-state index in [1.54, 1.807) is 6.08 Å². The average Bonchev–Trinajstić information content (AvgIpc) is 3.13. The van der Waals surface area contributed by atoms with Crippen molar-refractivity contribution in [3.8, 4) is 0 Å². The van der Waals surface area contributed by atoms with Crippen LogP contribution in [0.25, 0.3) is 0 Å². The van der Waals surface area contributed by atoms with Crippen molar-refractivity contribution in [2.24, 2.45) is 11.8 Å². The molecule has 0 saturated carbocycles. The van der Waals surface area contributed by atoms with Crippen LogP contribution in [0.2, 0.25) is 0 Å². The number of likely N-dealkylation sites (tertiary alicyclic amines) is 1. The molecule has 2 aliphatic rings. The second-order valence-electron chi connectivity index (χ2n) is 7.46. The summed E-state index contributed by atoms with van der Waals surface area (Å²) in [6.45, 7) is 3.83. The second kappa shape index (κ2) is 9.54. The minimum absolute atomic E-state index is 0.0123. The Balaban J connectivity index is 1.82. The number of allylic oxidation sites excluding steroid dienone is 2. The number of hydrogen-bond donors (Lipinski definition) is 0. The SMILES string of the molecule is C=CCCC[C@@H]1C(=O)C=C[C@H]2C[C@@H](C(=O)OC)N(C(=O)OCc3ccccc3)[C@H]12. The van der Waals surface area contributed by atoms with Gasteiger partial charge in [0.05, 0.1) is 13.2 Å². The van der Waals surface area contributed by atoms with E-state index in [0.29, 0.717) is 12.8 Å². The van der Waals surface area contributed by atoms with E-state index in [-0.39, 0.29) is 24.2 Å². The van der Waals surface area contributed by atoms with Gasteiger partial charge in [-0.15, -0.1) is 6.58 Å². The van der Waals surface area contributed by atoms with Crippen molar-refractivity contribution in [1.29, 1.82) is 0 Å². The highest BCUT2D eigenvalue weighted by atomic mass is 16.6. The molecule has 1 fully saturated rings. The Labute approximate surface area is 171 Å². The molecule has 29 heavy (non-hydrogen) atoms. The van der Waals surface area contributed by atoms with Crippen LogP contribution in [0.4, 0.5) is 4.79 Å². The Morgan fingerprint density at radius 2 is 2.03 bits per heavy atom. The van der Waals surface area contributed by atoms with Crippen molar-refractivity contribution < 1.29 is 23.9 Å². The highest BCUT2D eigenvalue weighted by Gasteiger charge is 2.52. The number of rotatable bonds is 7. The predicted octanol–water partition coefficient (Wildman–Crippen LogP) is 3.67. The summed E-state index contributed by atoms with van der Waals surface area (Å²) < 4.78 is 10.5. The van der Waals surface area contributed by atoms with Gasteiger partial charge >= 0.3 is 12.1 Å². The van der Waals surface area contributed by atoms with Crippen LogP contribution in [-0.2, 0) is 25.7 Å². The normalized spacial score (nSPS) is 25.4. The molecule has 0 radical (unpaired) electrons. The number of ether oxygens (including phenoxy) is 2. The third-order valence-electron chi connectivity index (χ3n) is 5.69. The molecule has 1 aliphatic carbocycles. The molecule has 1 aliphatic heterocycles. The van der Waals surface area contributed by atoms with Gasteiger partial charge in [-0.2, -0.15) is 0 Å². The van der Waals surface area contributed by atoms with Gasteiger partial charge in [0.1, 0.15) is 12.6 Å². The van der Waals surface area contributed by atoms with Crippen LogP contribution in [0.5, 0.6) is 0 Å². The third kappa shape index (κ3) is 4.58. The first-order valence-electron chi connectivity index (χ1n) is 9.96. The van der Waals surface area contributed by atoms with E-state index in [2.05, 4.69) is 6.58 Å². The van der Waals surface area contributed by atoms with Crippen molar-refractivity contribution in [3.05, 3.63) is 60.7 Å². The number of unbranched alkanes of at least 4 members (excludes halogenated alkanes) is 1.